The van der Waals surface area contributed by atoms with Gasteiger partial charge in [0.25, 0.3) is 11.6 Å². The molecule has 1 N–H and O–H groups in total. The van der Waals surface area contributed by atoms with Gasteiger partial charge in [-0.2, -0.15) is 0 Å². The van der Waals surface area contributed by atoms with Crippen molar-refractivity contribution >= 4 is 17.3 Å². The molecule has 3 aromatic rings. The van der Waals surface area contributed by atoms with Crippen LogP contribution in [0.4, 0.5) is 11.4 Å². The molecule has 1 atom stereocenters. The van der Waals surface area contributed by atoms with Crippen LogP contribution >= 0.6 is 0 Å². The summed E-state index contributed by atoms with van der Waals surface area (Å²) in [7, 11) is 0. The molecule has 0 aromatic heterocycles. The lowest BCUT2D eigenvalue weighted by atomic mass is 9.93. The number of rotatable bonds is 3. The van der Waals surface area contributed by atoms with Gasteiger partial charge < -0.3 is 5.11 Å². The number of hydrogen-bond acceptors (Lipinski definition) is 4. The van der Waals surface area contributed by atoms with Crippen molar-refractivity contribution in [2.45, 2.75) is 5.72 Å². The number of amides is 1. The highest BCUT2D eigenvalue weighted by molar-refractivity contribution is 6.13. The molecule has 0 fully saturated rings. The highest BCUT2D eigenvalue weighted by atomic mass is 16.6. The molecule has 1 aliphatic rings. The lowest BCUT2D eigenvalue weighted by Crippen LogP contribution is -2.45. The van der Waals surface area contributed by atoms with Crippen LogP contribution in [0.25, 0.3) is 0 Å². The van der Waals surface area contributed by atoms with Gasteiger partial charge in [0, 0.05) is 22.8 Å². The summed E-state index contributed by atoms with van der Waals surface area (Å²) in [5.74, 6) is -0.485. The molecule has 0 radical (unpaired) electrons. The lowest BCUT2D eigenvalue weighted by molar-refractivity contribution is -0.384. The van der Waals surface area contributed by atoms with E-state index in [0.29, 0.717) is 16.7 Å². The standard InChI is InChI=1S/C20H14N2O4/c23-19-15-10-4-5-11-16(15)20(24,14-8-2-1-3-9-14)21(19)17-12-6-7-13-18(17)22(25)26/h1-13,24H. The minimum absolute atomic E-state index is 0.0463. The van der Waals surface area contributed by atoms with Crippen molar-refractivity contribution in [3.63, 3.8) is 0 Å². The second-order valence-corrected chi connectivity index (χ2v) is 5.97. The number of fused-ring (bicyclic) bond motifs is 1. The Hall–Kier alpha value is -3.51. The molecule has 0 bridgehead atoms. The van der Waals surface area contributed by atoms with Crippen molar-refractivity contribution in [3.05, 3.63) is 106 Å². The molecule has 1 aliphatic heterocycles. The van der Waals surface area contributed by atoms with Gasteiger partial charge in [0.2, 0.25) is 0 Å². The molecule has 0 spiro atoms. The van der Waals surface area contributed by atoms with Crippen molar-refractivity contribution < 1.29 is 14.8 Å². The molecule has 0 saturated heterocycles. The van der Waals surface area contributed by atoms with Crippen LogP contribution in [0.3, 0.4) is 0 Å². The highest BCUT2D eigenvalue weighted by Gasteiger charge is 2.52. The quantitative estimate of drug-likeness (QED) is 0.581. The molecule has 0 aliphatic carbocycles. The van der Waals surface area contributed by atoms with Gasteiger partial charge >= 0.3 is 0 Å². The number of aliphatic hydroxyl groups is 1. The first kappa shape index (κ1) is 16.0. The Morgan fingerprint density at radius 1 is 0.885 bits per heavy atom. The summed E-state index contributed by atoms with van der Waals surface area (Å²) in [6, 6.07) is 21.3. The van der Waals surface area contributed by atoms with E-state index in [2.05, 4.69) is 0 Å². The van der Waals surface area contributed by atoms with E-state index in [-0.39, 0.29) is 11.4 Å². The fourth-order valence-corrected chi connectivity index (χ4v) is 3.41. The smallest absolute Gasteiger partial charge is 0.293 e. The van der Waals surface area contributed by atoms with Crippen LogP contribution in [-0.4, -0.2) is 15.9 Å². The van der Waals surface area contributed by atoms with E-state index in [4.69, 9.17) is 0 Å². The average Bonchev–Trinajstić information content (AvgIpc) is 2.91. The largest absolute Gasteiger partial charge is 0.363 e. The van der Waals surface area contributed by atoms with E-state index < -0.39 is 16.6 Å². The summed E-state index contributed by atoms with van der Waals surface area (Å²) in [6.45, 7) is 0. The fraction of sp³-hybridized carbons (Fsp3) is 0.0500. The van der Waals surface area contributed by atoms with Crippen LogP contribution in [0.15, 0.2) is 78.9 Å². The van der Waals surface area contributed by atoms with E-state index in [1.165, 1.54) is 18.2 Å². The number of carbonyl (C=O) groups excluding carboxylic acids is 1. The number of hydrogen-bond donors (Lipinski definition) is 1. The maximum Gasteiger partial charge on any atom is 0.293 e. The Balaban J connectivity index is 2.03. The first-order valence-electron chi connectivity index (χ1n) is 8.00. The molecule has 1 amide bonds. The zero-order valence-corrected chi connectivity index (χ0v) is 13.6. The van der Waals surface area contributed by atoms with E-state index in [1.54, 1.807) is 60.7 Å². The molecule has 6 heteroatoms. The summed E-state index contributed by atoms with van der Waals surface area (Å²) in [5.41, 5.74) is -0.864. The van der Waals surface area contributed by atoms with Crippen molar-refractivity contribution in [3.8, 4) is 0 Å². The Morgan fingerprint density at radius 3 is 2.23 bits per heavy atom. The minimum atomic E-state index is -1.83. The minimum Gasteiger partial charge on any atom is -0.363 e. The maximum atomic E-state index is 13.1. The Labute approximate surface area is 149 Å². The normalized spacial score (nSPS) is 18.7. The van der Waals surface area contributed by atoms with E-state index in [0.717, 1.165) is 4.90 Å². The average molecular weight is 346 g/mol. The SMILES string of the molecule is O=C1c2ccccc2C(O)(c2ccccc2)N1c1ccccc1[N+](=O)[O-]. The predicted octanol–water partition coefficient (Wildman–Crippen LogP) is 3.45. The zero-order valence-electron chi connectivity index (χ0n) is 13.6. The molecular formula is C20H14N2O4. The monoisotopic (exact) mass is 346 g/mol. The van der Waals surface area contributed by atoms with Crippen LogP contribution in [0.5, 0.6) is 0 Å². The first-order chi connectivity index (χ1) is 12.5. The molecule has 6 nitrogen and oxygen atoms in total. The highest BCUT2D eigenvalue weighted by Crippen LogP contribution is 2.46. The molecule has 1 unspecified atom stereocenters. The van der Waals surface area contributed by atoms with Crippen LogP contribution in [-0.2, 0) is 5.72 Å². The van der Waals surface area contributed by atoms with E-state index >= 15 is 0 Å². The third kappa shape index (κ3) is 2.13. The van der Waals surface area contributed by atoms with Crippen LogP contribution in [0, 0.1) is 10.1 Å². The Morgan fingerprint density at radius 2 is 1.50 bits per heavy atom. The number of anilines is 1. The van der Waals surface area contributed by atoms with E-state index in [1.807, 2.05) is 0 Å². The van der Waals surface area contributed by atoms with Gasteiger partial charge in [0.05, 0.1) is 4.92 Å². The second-order valence-electron chi connectivity index (χ2n) is 5.97. The number of nitrogens with zero attached hydrogens (tertiary/aromatic N) is 2. The summed E-state index contributed by atoms with van der Waals surface area (Å²) < 4.78 is 0. The summed E-state index contributed by atoms with van der Waals surface area (Å²) in [6.07, 6.45) is 0. The number of nitro groups is 1. The van der Waals surface area contributed by atoms with Gasteiger partial charge in [0.1, 0.15) is 5.69 Å². The lowest BCUT2D eigenvalue weighted by Gasteiger charge is -2.34. The zero-order chi connectivity index (χ0) is 18.3. The van der Waals surface area contributed by atoms with Crippen LogP contribution in [0.2, 0.25) is 0 Å². The van der Waals surface area contributed by atoms with Crippen molar-refractivity contribution in [2.24, 2.45) is 0 Å². The third-order valence-electron chi connectivity index (χ3n) is 4.56. The number of nitro benzene ring substituents is 1. The summed E-state index contributed by atoms with van der Waals surface area (Å²) in [4.78, 5) is 25.1. The van der Waals surface area contributed by atoms with Crippen molar-refractivity contribution in [2.75, 3.05) is 4.90 Å². The van der Waals surface area contributed by atoms with Gasteiger partial charge in [-0.3, -0.25) is 19.8 Å². The third-order valence-corrected chi connectivity index (χ3v) is 4.56. The maximum absolute atomic E-state index is 13.1. The topological polar surface area (TPSA) is 83.7 Å². The first-order valence-corrected chi connectivity index (χ1v) is 8.00. The Kier molecular flexibility index (Phi) is 3.56. The van der Waals surface area contributed by atoms with Gasteiger partial charge in [-0.25, -0.2) is 0 Å². The Bertz CT molecular complexity index is 1020. The molecule has 26 heavy (non-hydrogen) atoms. The molecule has 1 heterocycles. The molecule has 3 aromatic carbocycles. The van der Waals surface area contributed by atoms with E-state index in [9.17, 15) is 20.0 Å². The van der Waals surface area contributed by atoms with Gasteiger partial charge in [-0.15, -0.1) is 0 Å². The second kappa shape index (κ2) is 5.79. The fourth-order valence-electron chi connectivity index (χ4n) is 3.41. The number of benzene rings is 3. The van der Waals surface area contributed by atoms with Gasteiger partial charge in [0.15, 0.2) is 5.72 Å². The van der Waals surface area contributed by atoms with Crippen LogP contribution in [0.1, 0.15) is 21.5 Å². The van der Waals surface area contributed by atoms with Gasteiger partial charge in [-0.1, -0.05) is 60.7 Å². The molecular weight excluding hydrogens is 332 g/mol. The molecule has 128 valence electrons. The molecule has 4 rings (SSSR count). The van der Waals surface area contributed by atoms with Crippen LogP contribution < -0.4 is 4.90 Å². The summed E-state index contributed by atoms with van der Waals surface area (Å²) in [5, 5.41) is 23.2. The number of carbonyl (C=O) groups is 1. The predicted molar refractivity (Wildman–Crippen MR) is 95.8 cm³/mol. The summed E-state index contributed by atoms with van der Waals surface area (Å²) >= 11 is 0. The number of para-hydroxylation sites is 2. The van der Waals surface area contributed by atoms with Crippen molar-refractivity contribution in [1.29, 1.82) is 0 Å². The van der Waals surface area contributed by atoms with Crippen molar-refractivity contribution in [1.82, 2.24) is 0 Å². The molecule has 0 saturated carbocycles. The van der Waals surface area contributed by atoms with Gasteiger partial charge in [-0.05, 0) is 12.1 Å².